The Kier molecular flexibility index (Phi) is 5.79. The first-order valence-electron chi connectivity index (χ1n) is 7.60. The number of carbonyl (C=O) groups is 2. The van der Waals surface area contributed by atoms with Gasteiger partial charge in [-0.05, 0) is 43.3 Å². The Balaban J connectivity index is 2.26. The number of hydrogen-bond acceptors (Lipinski definition) is 6. The van der Waals surface area contributed by atoms with E-state index in [0.29, 0.717) is 23.7 Å². The van der Waals surface area contributed by atoms with E-state index >= 15 is 0 Å². The van der Waals surface area contributed by atoms with Gasteiger partial charge in [0.1, 0.15) is 23.0 Å². The number of ketones is 1. The Morgan fingerprint density at radius 1 is 1.12 bits per heavy atom. The fourth-order valence-electron chi connectivity index (χ4n) is 2.15. The van der Waals surface area contributed by atoms with E-state index < -0.39 is 11.8 Å². The Bertz CT molecular complexity index is 823. The van der Waals surface area contributed by atoms with Crippen LogP contribution in [0.1, 0.15) is 29.8 Å². The van der Waals surface area contributed by atoms with E-state index in [2.05, 4.69) is 0 Å². The first kappa shape index (κ1) is 18.1. The van der Waals surface area contributed by atoms with Crippen LogP contribution >= 0.6 is 0 Å². The molecule has 6 nitrogen and oxygen atoms in total. The Hall–Kier alpha value is -3.28. The van der Waals surface area contributed by atoms with Crippen molar-refractivity contribution in [2.24, 2.45) is 0 Å². The predicted molar refractivity (Wildman–Crippen MR) is 92.1 cm³/mol. The summed E-state index contributed by atoms with van der Waals surface area (Å²) in [5, 5.41) is 19.0. The van der Waals surface area contributed by atoms with Crippen LogP contribution in [0.25, 0.3) is 6.08 Å². The van der Waals surface area contributed by atoms with E-state index in [0.717, 1.165) is 6.07 Å². The van der Waals surface area contributed by atoms with Crippen LogP contribution in [0.2, 0.25) is 0 Å². The first-order chi connectivity index (χ1) is 11.9. The number of carbonyl (C=O) groups excluding carboxylic acids is 2. The lowest BCUT2D eigenvalue weighted by Crippen LogP contribution is -2.02. The maximum absolute atomic E-state index is 12.2. The summed E-state index contributed by atoms with van der Waals surface area (Å²) in [6.45, 7) is 3.51. The van der Waals surface area contributed by atoms with Gasteiger partial charge < -0.3 is 19.7 Å². The first-order valence-corrected chi connectivity index (χ1v) is 7.60. The third-order valence-corrected chi connectivity index (χ3v) is 3.21. The van der Waals surface area contributed by atoms with Crippen molar-refractivity contribution in [1.29, 1.82) is 0 Å². The second-order valence-corrected chi connectivity index (χ2v) is 5.13. The summed E-state index contributed by atoms with van der Waals surface area (Å²) < 4.78 is 10.5. The molecule has 0 aliphatic heterocycles. The molecule has 0 atom stereocenters. The van der Waals surface area contributed by atoms with Crippen LogP contribution in [0.4, 0.5) is 0 Å². The third kappa shape index (κ3) is 4.84. The highest BCUT2D eigenvalue weighted by molar-refractivity contribution is 6.08. The van der Waals surface area contributed by atoms with Gasteiger partial charge in [-0.1, -0.05) is 0 Å². The van der Waals surface area contributed by atoms with Gasteiger partial charge in [0.2, 0.25) is 0 Å². The minimum atomic E-state index is -0.441. The Morgan fingerprint density at radius 3 is 2.52 bits per heavy atom. The van der Waals surface area contributed by atoms with Crippen molar-refractivity contribution in [2.75, 3.05) is 6.61 Å². The third-order valence-electron chi connectivity index (χ3n) is 3.21. The van der Waals surface area contributed by atoms with Gasteiger partial charge in [-0.15, -0.1) is 0 Å². The monoisotopic (exact) mass is 342 g/mol. The van der Waals surface area contributed by atoms with Crippen LogP contribution in [0, 0.1) is 0 Å². The van der Waals surface area contributed by atoms with Gasteiger partial charge in [0, 0.05) is 24.6 Å². The number of phenolic OH excluding ortho intramolecular Hbond substituents is 2. The molecule has 2 rings (SSSR count). The minimum Gasteiger partial charge on any atom is -0.508 e. The smallest absolute Gasteiger partial charge is 0.308 e. The van der Waals surface area contributed by atoms with E-state index in [1.807, 2.05) is 6.92 Å². The summed E-state index contributed by atoms with van der Waals surface area (Å²) in [6, 6.07) is 8.56. The molecule has 0 heterocycles. The number of esters is 1. The summed E-state index contributed by atoms with van der Waals surface area (Å²) in [5.41, 5.74) is 0.688. The van der Waals surface area contributed by atoms with E-state index in [1.165, 1.54) is 31.2 Å². The van der Waals surface area contributed by atoms with Gasteiger partial charge in [0.05, 0.1) is 12.2 Å². The molecule has 0 amide bonds. The zero-order valence-corrected chi connectivity index (χ0v) is 13.9. The number of rotatable bonds is 6. The Morgan fingerprint density at radius 2 is 1.88 bits per heavy atom. The van der Waals surface area contributed by atoms with Gasteiger partial charge in [0.25, 0.3) is 0 Å². The maximum Gasteiger partial charge on any atom is 0.308 e. The lowest BCUT2D eigenvalue weighted by molar-refractivity contribution is -0.131. The highest BCUT2D eigenvalue weighted by Crippen LogP contribution is 2.27. The van der Waals surface area contributed by atoms with Gasteiger partial charge in [0.15, 0.2) is 5.78 Å². The summed E-state index contributed by atoms with van der Waals surface area (Å²) in [6.07, 6.45) is 2.83. The molecule has 0 aliphatic rings. The molecule has 25 heavy (non-hydrogen) atoms. The number of allylic oxidation sites excluding steroid dienone is 1. The summed E-state index contributed by atoms with van der Waals surface area (Å²) in [5.74, 6) is -0.494. The molecule has 0 fully saturated rings. The fourth-order valence-corrected chi connectivity index (χ4v) is 2.15. The van der Waals surface area contributed by atoms with Crippen LogP contribution in [0.15, 0.2) is 42.5 Å². The van der Waals surface area contributed by atoms with Crippen LogP contribution in [0.5, 0.6) is 23.0 Å². The van der Waals surface area contributed by atoms with Crippen molar-refractivity contribution in [1.82, 2.24) is 0 Å². The van der Waals surface area contributed by atoms with Crippen molar-refractivity contribution >= 4 is 17.8 Å². The lowest BCUT2D eigenvalue weighted by atomic mass is 10.1. The highest BCUT2D eigenvalue weighted by Gasteiger charge is 2.10. The number of phenols is 2. The minimum absolute atomic E-state index is 0.0727. The van der Waals surface area contributed by atoms with Crippen molar-refractivity contribution in [3.8, 4) is 23.0 Å². The van der Waals surface area contributed by atoms with Crippen LogP contribution in [0.3, 0.4) is 0 Å². The van der Waals surface area contributed by atoms with Gasteiger partial charge in [-0.25, -0.2) is 0 Å². The predicted octanol–water partition coefficient (Wildman–Crippen LogP) is 3.32. The second kappa shape index (κ2) is 8.01. The second-order valence-electron chi connectivity index (χ2n) is 5.13. The highest BCUT2D eigenvalue weighted by atomic mass is 16.5. The zero-order chi connectivity index (χ0) is 18.4. The van der Waals surface area contributed by atoms with Gasteiger partial charge >= 0.3 is 5.97 Å². The lowest BCUT2D eigenvalue weighted by Gasteiger charge is -2.09. The molecule has 0 aliphatic carbocycles. The zero-order valence-electron chi connectivity index (χ0n) is 13.9. The average molecular weight is 342 g/mol. The van der Waals surface area contributed by atoms with Gasteiger partial charge in [-0.3, -0.25) is 9.59 Å². The van der Waals surface area contributed by atoms with E-state index in [1.54, 1.807) is 18.2 Å². The molecule has 2 aromatic rings. The molecule has 0 aromatic heterocycles. The number of hydrogen-bond donors (Lipinski definition) is 2. The fraction of sp³-hybridized carbons (Fsp3) is 0.158. The van der Waals surface area contributed by atoms with Crippen LogP contribution < -0.4 is 9.47 Å². The molecule has 130 valence electrons. The van der Waals surface area contributed by atoms with E-state index in [9.17, 15) is 19.8 Å². The molecular weight excluding hydrogens is 324 g/mol. The number of ether oxygens (including phenoxy) is 2. The molecule has 0 saturated carbocycles. The molecule has 0 spiro atoms. The van der Waals surface area contributed by atoms with E-state index in [-0.39, 0.29) is 17.1 Å². The molecule has 0 radical (unpaired) electrons. The largest absolute Gasteiger partial charge is 0.508 e. The molecule has 2 N–H and O–H groups in total. The summed E-state index contributed by atoms with van der Waals surface area (Å²) >= 11 is 0. The van der Waals surface area contributed by atoms with E-state index in [4.69, 9.17) is 9.47 Å². The molecule has 2 aromatic carbocycles. The molecule has 0 saturated heterocycles. The number of aromatic hydroxyl groups is 2. The molecule has 0 bridgehead atoms. The van der Waals surface area contributed by atoms with Gasteiger partial charge in [-0.2, -0.15) is 0 Å². The van der Waals surface area contributed by atoms with Crippen LogP contribution in [-0.2, 0) is 4.79 Å². The van der Waals surface area contributed by atoms with Crippen molar-refractivity contribution in [2.45, 2.75) is 13.8 Å². The molecule has 0 unspecified atom stereocenters. The normalized spacial score (nSPS) is 10.6. The molecule has 6 heteroatoms. The van der Waals surface area contributed by atoms with Crippen molar-refractivity contribution in [3.63, 3.8) is 0 Å². The summed E-state index contributed by atoms with van der Waals surface area (Å²) in [4.78, 5) is 23.2. The topological polar surface area (TPSA) is 93.1 Å². The average Bonchev–Trinajstić information content (AvgIpc) is 2.53. The van der Waals surface area contributed by atoms with Crippen LogP contribution in [-0.4, -0.2) is 28.6 Å². The number of benzene rings is 2. The standard InChI is InChI=1S/C19H18O6/c1-3-24-19-11-15(25-12(2)20)7-4-13(19)5-9-17(22)16-8-6-14(21)10-18(16)23/h4-11,21,23H,3H2,1-2H3. The maximum atomic E-state index is 12.2. The van der Waals surface area contributed by atoms with Crippen molar-refractivity contribution < 1.29 is 29.3 Å². The quantitative estimate of drug-likeness (QED) is 0.362. The Labute approximate surface area is 144 Å². The summed E-state index contributed by atoms with van der Waals surface area (Å²) in [7, 11) is 0. The van der Waals surface area contributed by atoms with Crippen molar-refractivity contribution in [3.05, 3.63) is 53.6 Å². The SMILES string of the molecule is CCOc1cc(OC(C)=O)ccc1C=CC(=O)c1ccc(O)cc1O. The molecular formula is C19H18O6.